The van der Waals surface area contributed by atoms with Crippen LogP contribution in [-0.4, -0.2) is 63.6 Å². The van der Waals surface area contributed by atoms with Crippen LogP contribution in [0.15, 0.2) is 0 Å². The fourth-order valence-electron chi connectivity index (χ4n) is 2.28. The van der Waals surface area contributed by atoms with Crippen molar-refractivity contribution in [3.63, 3.8) is 0 Å². The van der Waals surface area contributed by atoms with Gasteiger partial charge in [0.15, 0.2) is 5.78 Å². The van der Waals surface area contributed by atoms with Gasteiger partial charge in [-0.3, -0.25) is 23.7 Å². The highest BCUT2D eigenvalue weighted by atomic mass is 31.2. The number of hydrogen-bond acceptors (Lipinski definition) is 7. The molecule has 0 aromatic carbocycles. The first kappa shape index (κ1) is 26.4. The lowest BCUT2D eigenvalue weighted by Gasteiger charge is -2.25. The normalized spacial score (nSPS) is 17.1. The van der Waals surface area contributed by atoms with Gasteiger partial charge in [-0.25, -0.2) is 4.57 Å². The largest absolute Gasteiger partial charge is 0.481 e. The molecule has 5 atom stereocenters. The number of carboxylic acids is 1. The molecule has 28 heavy (non-hydrogen) atoms. The van der Waals surface area contributed by atoms with Crippen LogP contribution < -0.4 is 10.6 Å². The van der Waals surface area contributed by atoms with Gasteiger partial charge in [-0.05, 0) is 27.8 Å². The molecule has 0 bridgehead atoms. The molecule has 0 rings (SSSR count). The number of carboxylic acid groups (broad SMARTS) is 1. The molecule has 0 aromatic rings. The van der Waals surface area contributed by atoms with Gasteiger partial charge >= 0.3 is 13.8 Å². The molecule has 0 fully saturated rings. The Kier molecular flexibility index (Phi) is 10.7. The van der Waals surface area contributed by atoms with Gasteiger partial charge < -0.3 is 25.5 Å². The van der Waals surface area contributed by atoms with Crippen molar-refractivity contribution in [2.75, 3.05) is 7.05 Å². The Morgan fingerprint density at radius 3 is 1.89 bits per heavy atom. The molecule has 0 aliphatic carbocycles. The zero-order chi connectivity index (χ0) is 22.2. The average Bonchev–Trinajstić information content (AvgIpc) is 2.56. The third-order valence-electron chi connectivity index (χ3n) is 4.31. The lowest BCUT2D eigenvalue weighted by atomic mass is 9.93. The Hall–Kier alpha value is -1.65. The molecule has 0 aliphatic rings. The van der Waals surface area contributed by atoms with E-state index in [2.05, 4.69) is 15.2 Å². The molecular formula is C16H29N2O9P. The van der Waals surface area contributed by atoms with E-state index in [1.54, 1.807) is 6.92 Å². The van der Waals surface area contributed by atoms with Gasteiger partial charge in [0.1, 0.15) is 5.78 Å². The number of ketones is 2. The summed E-state index contributed by atoms with van der Waals surface area (Å²) in [7, 11) is -3.37. The van der Waals surface area contributed by atoms with E-state index in [1.165, 1.54) is 27.8 Å². The maximum Gasteiger partial charge on any atom is 0.469 e. The number of carbonyl (C=O) groups excluding carboxylic acids is 3. The van der Waals surface area contributed by atoms with Crippen molar-refractivity contribution in [2.24, 2.45) is 11.8 Å². The molecule has 0 unspecified atom stereocenters. The van der Waals surface area contributed by atoms with Gasteiger partial charge in [0.2, 0.25) is 5.91 Å². The molecule has 0 saturated heterocycles. The van der Waals surface area contributed by atoms with Gasteiger partial charge in [-0.1, -0.05) is 6.92 Å². The average molecular weight is 424 g/mol. The van der Waals surface area contributed by atoms with Crippen LogP contribution in [0.2, 0.25) is 0 Å². The minimum atomic E-state index is -4.91. The summed E-state index contributed by atoms with van der Waals surface area (Å²) in [4.78, 5) is 65.6. The first-order valence-electron chi connectivity index (χ1n) is 8.69. The van der Waals surface area contributed by atoms with Crippen LogP contribution in [0.1, 0.15) is 40.5 Å². The van der Waals surface area contributed by atoms with E-state index in [9.17, 15) is 23.7 Å². The second kappa shape index (κ2) is 11.4. The first-order chi connectivity index (χ1) is 12.7. The van der Waals surface area contributed by atoms with Crippen LogP contribution in [0.5, 0.6) is 0 Å². The monoisotopic (exact) mass is 424 g/mol. The number of aliphatic carboxylic acids is 1. The Morgan fingerprint density at radius 2 is 1.46 bits per heavy atom. The molecule has 0 radical (unpaired) electrons. The number of phosphoric acid groups is 1. The van der Waals surface area contributed by atoms with Crippen molar-refractivity contribution in [3.05, 3.63) is 0 Å². The van der Waals surface area contributed by atoms with Gasteiger partial charge in [0, 0.05) is 12.8 Å². The Bertz CT molecular complexity index is 634. The Morgan fingerprint density at radius 1 is 0.964 bits per heavy atom. The van der Waals surface area contributed by atoms with Crippen molar-refractivity contribution < 1.29 is 43.2 Å². The number of hydrogen-bond donors (Lipinski definition) is 5. The molecule has 0 spiro atoms. The van der Waals surface area contributed by atoms with Gasteiger partial charge in [-0.15, -0.1) is 0 Å². The summed E-state index contributed by atoms with van der Waals surface area (Å²) in [6.07, 6.45) is -1.98. The molecule has 0 aromatic heterocycles. The van der Waals surface area contributed by atoms with Crippen LogP contribution >= 0.6 is 7.82 Å². The Labute approximate surface area is 163 Å². The minimum absolute atomic E-state index is 0.300. The van der Waals surface area contributed by atoms with Gasteiger partial charge in [0.05, 0.1) is 30.0 Å². The quantitative estimate of drug-likeness (QED) is 0.250. The summed E-state index contributed by atoms with van der Waals surface area (Å²) < 4.78 is 15.6. The fraction of sp³-hybridized carbons (Fsp3) is 0.750. The molecule has 5 N–H and O–H groups in total. The van der Waals surface area contributed by atoms with E-state index < -0.39 is 55.5 Å². The van der Waals surface area contributed by atoms with Gasteiger partial charge in [-0.2, -0.15) is 0 Å². The summed E-state index contributed by atoms with van der Waals surface area (Å²) >= 11 is 0. The van der Waals surface area contributed by atoms with Crippen molar-refractivity contribution in [1.82, 2.24) is 10.6 Å². The van der Waals surface area contributed by atoms with Crippen LogP contribution in [0.4, 0.5) is 0 Å². The number of Topliss-reactive ketones (excluding diaryl/α,β-unsaturated/α-hetero) is 2. The highest BCUT2D eigenvalue weighted by Gasteiger charge is 2.35. The van der Waals surface area contributed by atoms with Crippen LogP contribution in [0.3, 0.4) is 0 Å². The van der Waals surface area contributed by atoms with E-state index in [1.807, 2.05) is 0 Å². The van der Waals surface area contributed by atoms with Crippen LogP contribution in [-0.2, 0) is 28.3 Å². The topological polar surface area (TPSA) is 179 Å². The standard InChI is InChI=1S/C16H29N2O9P/c1-8(16(22)23)6-13(19)10(3)18-15(21)12(7-14(20)9(2)17-5)11(4)27-28(24,25)26/h8-12,17H,6-7H2,1-5H3,(H,18,21)(H,22,23)(H2,24,25,26)/t8-,9+,10+,11-,12+/m1/s1. The summed E-state index contributed by atoms with van der Waals surface area (Å²) in [6.45, 7) is 5.51. The summed E-state index contributed by atoms with van der Waals surface area (Å²) in [5.41, 5.74) is 0. The van der Waals surface area contributed by atoms with Crippen molar-refractivity contribution in [2.45, 2.75) is 58.7 Å². The molecule has 0 heterocycles. The van der Waals surface area contributed by atoms with E-state index in [-0.39, 0.29) is 18.6 Å². The predicted molar refractivity (Wildman–Crippen MR) is 98.3 cm³/mol. The summed E-state index contributed by atoms with van der Waals surface area (Å²) in [5.74, 6) is -5.06. The van der Waals surface area contributed by atoms with Crippen molar-refractivity contribution >= 4 is 31.3 Å². The smallest absolute Gasteiger partial charge is 0.469 e. The third-order valence-corrected chi connectivity index (χ3v) is 4.92. The number of phosphoric ester groups is 1. The number of rotatable bonds is 13. The van der Waals surface area contributed by atoms with Crippen LogP contribution in [0.25, 0.3) is 0 Å². The number of likely N-dealkylation sites (N-methyl/N-ethyl adjacent to an activating group) is 1. The third kappa shape index (κ3) is 9.52. The van der Waals surface area contributed by atoms with E-state index in [4.69, 9.17) is 14.9 Å². The fourth-order valence-corrected chi connectivity index (χ4v) is 2.86. The zero-order valence-electron chi connectivity index (χ0n) is 16.5. The maximum atomic E-state index is 12.6. The molecule has 0 aliphatic heterocycles. The number of carbonyl (C=O) groups is 4. The molecule has 11 nitrogen and oxygen atoms in total. The second-order valence-electron chi connectivity index (χ2n) is 6.73. The van der Waals surface area contributed by atoms with E-state index >= 15 is 0 Å². The number of nitrogens with one attached hydrogen (secondary N) is 2. The highest BCUT2D eigenvalue weighted by Crippen LogP contribution is 2.39. The van der Waals surface area contributed by atoms with E-state index in [0.29, 0.717) is 0 Å². The first-order valence-corrected chi connectivity index (χ1v) is 10.2. The second-order valence-corrected chi connectivity index (χ2v) is 7.92. The molecule has 1 amide bonds. The lowest BCUT2D eigenvalue weighted by Crippen LogP contribution is -2.47. The van der Waals surface area contributed by atoms with Crippen LogP contribution in [0, 0.1) is 11.8 Å². The van der Waals surface area contributed by atoms with E-state index in [0.717, 1.165) is 0 Å². The van der Waals surface area contributed by atoms with Gasteiger partial charge in [0.25, 0.3) is 0 Å². The number of amides is 1. The van der Waals surface area contributed by atoms with Crippen molar-refractivity contribution in [1.29, 1.82) is 0 Å². The molecule has 12 heteroatoms. The lowest BCUT2D eigenvalue weighted by molar-refractivity contribution is -0.143. The molecule has 162 valence electrons. The predicted octanol–water partition coefficient (Wildman–Crippen LogP) is -0.148. The maximum absolute atomic E-state index is 12.6. The summed E-state index contributed by atoms with van der Waals surface area (Å²) in [5, 5.41) is 13.9. The summed E-state index contributed by atoms with van der Waals surface area (Å²) in [6, 6.07) is -1.65. The van der Waals surface area contributed by atoms with Crippen molar-refractivity contribution in [3.8, 4) is 0 Å². The minimum Gasteiger partial charge on any atom is -0.481 e. The molecule has 0 saturated carbocycles. The molecular weight excluding hydrogens is 395 g/mol. The Balaban J connectivity index is 5.27. The zero-order valence-corrected chi connectivity index (χ0v) is 17.4. The highest BCUT2D eigenvalue weighted by molar-refractivity contribution is 7.46. The SMILES string of the molecule is CN[C@@H](C)C(=O)C[C@H](C(=O)N[C@@H](C)C(=O)C[C@@H](C)C(=O)O)[C@@H](C)OP(=O)(O)O.